The van der Waals surface area contributed by atoms with Crippen LogP contribution in [0.2, 0.25) is 0 Å². The zero-order chi connectivity index (χ0) is 12.6. The summed E-state index contributed by atoms with van der Waals surface area (Å²) in [4.78, 5) is 33.0. The van der Waals surface area contributed by atoms with E-state index in [2.05, 4.69) is 10.6 Å². The first-order valence-electron chi connectivity index (χ1n) is 4.99. The highest BCUT2D eigenvalue weighted by molar-refractivity contribution is 6.01. The lowest BCUT2D eigenvalue weighted by molar-refractivity contribution is -0.134. The molecule has 0 rings (SSSR count). The van der Waals surface area contributed by atoms with Crippen LogP contribution >= 0.6 is 0 Å². The Hall–Kier alpha value is -1.85. The van der Waals surface area contributed by atoms with Gasteiger partial charge < -0.3 is 15.7 Å². The Balaban J connectivity index is 4.55. The van der Waals surface area contributed by atoms with E-state index < -0.39 is 17.8 Å². The molecule has 0 aliphatic heterocycles. The Morgan fingerprint density at radius 2 is 1.69 bits per heavy atom. The average molecular weight is 228 g/mol. The molecule has 0 aliphatic rings. The standard InChI is InChI=1S/C10H16N2O4/c1-3-11-8(13)5-7(10(15)16)6-9(14)12-4-2/h5H,3-4,6H2,1-2H3,(H,11,13)(H,12,14)(H,15,16). The van der Waals surface area contributed by atoms with Crippen molar-refractivity contribution in [3.8, 4) is 0 Å². The van der Waals surface area contributed by atoms with E-state index in [-0.39, 0.29) is 12.0 Å². The fourth-order valence-corrected chi connectivity index (χ4v) is 1.00. The van der Waals surface area contributed by atoms with Crippen molar-refractivity contribution in [2.24, 2.45) is 0 Å². The minimum atomic E-state index is -1.27. The molecular weight excluding hydrogens is 212 g/mol. The van der Waals surface area contributed by atoms with Crippen molar-refractivity contribution in [2.45, 2.75) is 20.3 Å². The number of nitrogens with one attached hydrogen (secondary N) is 2. The van der Waals surface area contributed by atoms with Gasteiger partial charge in [0.2, 0.25) is 11.8 Å². The monoisotopic (exact) mass is 228 g/mol. The van der Waals surface area contributed by atoms with Gasteiger partial charge in [-0.3, -0.25) is 9.59 Å². The third-order valence-electron chi connectivity index (χ3n) is 1.66. The fourth-order valence-electron chi connectivity index (χ4n) is 1.00. The summed E-state index contributed by atoms with van der Waals surface area (Å²) in [6, 6.07) is 0. The van der Waals surface area contributed by atoms with Crippen LogP contribution < -0.4 is 10.6 Å². The number of hydrogen-bond donors (Lipinski definition) is 3. The molecule has 3 N–H and O–H groups in total. The van der Waals surface area contributed by atoms with Crippen LogP contribution in [0.15, 0.2) is 11.6 Å². The normalized spacial score (nSPS) is 10.8. The summed E-state index contributed by atoms with van der Waals surface area (Å²) in [5.74, 6) is -2.19. The van der Waals surface area contributed by atoms with Crippen molar-refractivity contribution in [3.63, 3.8) is 0 Å². The molecule has 0 aromatic carbocycles. The molecule has 0 saturated carbocycles. The van der Waals surface area contributed by atoms with Gasteiger partial charge in [-0.2, -0.15) is 0 Å². The van der Waals surface area contributed by atoms with Gasteiger partial charge >= 0.3 is 5.97 Å². The number of aliphatic carboxylic acids is 1. The van der Waals surface area contributed by atoms with E-state index in [0.29, 0.717) is 13.1 Å². The molecule has 0 saturated heterocycles. The predicted molar refractivity (Wildman–Crippen MR) is 57.7 cm³/mol. The summed E-state index contributed by atoms with van der Waals surface area (Å²) >= 11 is 0. The summed E-state index contributed by atoms with van der Waals surface area (Å²) < 4.78 is 0. The molecule has 0 aromatic heterocycles. The fraction of sp³-hybridized carbons (Fsp3) is 0.500. The van der Waals surface area contributed by atoms with E-state index in [1.807, 2.05) is 0 Å². The predicted octanol–water partition coefficient (Wildman–Crippen LogP) is -0.340. The second-order valence-electron chi connectivity index (χ2n) is 3.00. The summed E-state index contributed by atoms with van der Waals surface area (Å²) in [6.45, 7) is 4.28. The highest BCUT2D eigenvalue weighted by Crippen LogP contribution is 2.01. The maximum atomic E-state index is 11.2. The van der Waals surface area contributed by atoms with Crippen LogP contribution in [0, 0.1) is 0 Å². The van der Waals surface area contributed by atoms with Gasteiger partial charge in [-0.15, -0.1) is 0 Å². The molecule has 0 radical (unpaired) electrons. The number of carboxylic acid groups (broad SMARTS) is 1. The van der Waals surface area contributed by atoms with Crippen LogP contribution in [0.5, 0.6) is 0 Å². The minimum Gasteiger partial charge on any atom is -0.478 e. The first-order valence-corrected chi connectivity index (χ1v) is 4.99. The number of likely N-dealkylation sites (N-methyl/N-ethyl adjacent to an activating group) is 1. The van der Waals surface area contributed by atoms with Gasteiger partial charge in [0.05, 0.1) is 12.0 Å². The van der Waals surface area contributed by atoms with Crippen molar-refractivity contribution in [3.05, 3.63) is 11.6 Å². The van der Waals surface area contributed by atoms with Crippen LogP contribution in [-0.4, -0.2) is 36.0 Å². The van der Waals surface area contributed by atoms with Gasteiger partial charge in [0.1, 0.15) is 0 Å². The van der Waals surface area contributed by atoms with Crippen LogP contribution in [-0.2, 0) is 14.4 Å². The van der Waals surface area contributed by atoms with Crippen LogP contribution in [0.25, 0.3) is 0 Å². The lowest BCUT2D eigenvalue weighted by atomic mass is 10.1. The SMILES string of the molecule is CCNC(=O)C=C(CC(=O)NCC)C(=O)O. The molecule has 90 valence electrons. The second-order valence-corrected chi connectivity index (χ2v) is 3.00. The molecular formula is C10H16N2O4. The highest BCUT2D eigenvalue weighted by atomic mass is 16.4. The van der Waals surface area contributed by atoms with Crippen molar-refractivity contribution in [2.75, 3.05) is 13.1 Å². The summed E-state index contributed by atoms with van der Waals surface area (Å²) in [5, 5.41) is 13.7. The van der Waals surface area contributed by atoms with Crippen molar-refractivity contribution >= 4 is 17.8 Å². The van der Waals surface area contributed by atoms with Gasteiger partial charge in [0.15, 0.2) is 0 Å². The molecule has 0 heterocycles. The number of carbonyl (C=O) groups excluding carboxylic acids is 2. The zero-order valence-electron chi connectivity index (χ0n) is 9.37. The Kier molecular flexibility index (Phi) is 6.58. The number of carbonyl (C=O) groups is 3. The quantitative estimate of drug-likeness (QED) is 0.542. The van der Waals surface area contributed by atoms with E-state index in [1.165, 1.54) is 0 Å². The second kappa shape index (κ2) is 7.44. The van der Waals surface area contributed by atoms with Crippen LogP contribution in [0.4, 0.5) is 0 Å². The number of rotatable bonds is 6. The third kappa shape index (κ3) is 5.79. The molecule has 0 atom stereocenters. The number of carboxylic acids is 1. The van der Waals surface area contributed by atoms with E-state index in [9.17, 15) is 14.4 Å². The van der Waals surface area contributed by atoms with Crippen LogP contribution in [0.3, 0.4) is 0 Å². The maximum Gasteiger partial charge on any atom is 0.332 e. The first kappa shape index (κ1) is 14.2. The van der Waals surface area contributed by atoms with E-state index in [0.717, 1.165) is 6.08 Å². The minimum absolute atomic E-state index is 0.225. The molecule has 0 aromatic rings. The van der Waals surface area contributed by atoms with Gasteiger partial charge in [0.25, 0.3) is 0 Å². The van der Waals surface area contributed by atoms with Crippen molar-refractivity contribution < 1.29 is 19.5 Å². The Labute approximate surface area is 93.7 Å². The first-order chi connectivity index (χ1) is 7.51. The van der Waals surface area contributed by atoms with Crippen molar-refractivity contribution in [1.82, 2.24) is 10.6 Å². The lowest BCUT2D eigenvalue weighted by Gasteiger charge is -2.03. The number of hydrogen-bond acceptors (Lipinski definition) is 3. The molecule has 2 amide bonds. The summed E-state index contributed by atoms with van der Waals surface area (Å²) in [7, 11) is 0. The Bertz CT molecular complexity index is 310. The Morgan fingerprint density at radius 3 is 2.12 bits per heavy atom. The molecule has 6 heteroatoms. The van der Waals surface area contributed by atoms with E-state index >= 15 is 0 Å². The lowest BCUT2D eigenvalue weighted by Crippen LogP contribution is -2.26. The smallest absolute Gasteiger partial charge is 0.332 e. The maximum absolute atomic E-state index is 11.2. The van der Waals surface area contributed by atoms with Gasteiger partial charge in [-0.1, -0.05) is 0 Å². The van der Waals surface area contributed by atoms with Crippen LogP contribution in [0.1, 0.15) is 20.3 Å². The van der Waals surface area contributed by atoms with Gasteiger partial charge in [-0.25, -0.2) is 4.79 Å². The Morgan fingerprint density at radius 1 is 1.12 bits per heavy atom. The third-order valence-corrected chi connectivity index (χ3v) is 1.66. The molecule has 0 bridgehead atoms. The molecule has 6 nitrogen and oxygen atoms in total. The zero-order valence-corrected chi connectivity index (χ0v) is 9.37. The average Bonchev–Trinajstić information content (AvgIpc) is 2.17. The highest BCUT2D eigenvalue weighted by Gasteiger charge is 2.13. The summed E-state index contributed by atoms with van der Waals surface area (Å²) in [6.07, 6.45) is 0.626. The van der Waals surface area contributed by atoms with Crippen molar-refractivity contribution in [1.29, 1.82) is 0 Å². The molecule has 0 spiro atoms. The van der Waals surface area contributed by atoms with Gasteiger partial charge in [-0.05, 0) is 13.8 Å². The van der Waals surface area contributed by atoms with E-state index in [4.69, 9.17) is 5.11 Å². The van der Waals surface area contributed by atoms with E-state index in [1.54, 1.807) is 13.8 Å². The summed E-state index contributed by atoms with van der Waals surface area (Å²) in [5.41, 5.74) is -0.225. The van der Waals surface area contributed by atoms with Gasteiger partial charge in [0, 0.05) is 19.2 Å². The molecule has 0 fully saturated rings. The molecule has 0 aliphatic carbocycles. The topological polar surface area (TPSA) is 95.5 Å². The largest absolute Gasteiger partial charge is 0.478 e. The molecule has 16 heavy (non-hydrogen) atoms. The number of amides is 2. The molecule has 0 unspecified atom stereocenters.